The van der Waals surface area contributed by atoms with Gasteiger partial charge in [0.2, 0.25) is 0 Å². The number of amides is 1. The van der Waals surface area contributed by atoms with E-state index in [1.807, 2.05) is 60.8 Å². The molecule has 0 aliphatic heterocycles. The van der Waals surface area contributed by atoms with Gasteiger partial charge in [0.1, 0.15) is 0 Å². The SMILES string of the molecule is CN(C)c1ccc(CNC(=O)c2cc(-c3cccs3)[nH]n2)cc1. The molecule has 118 valence electrons. The van der Waals surface area contributed by atoms with Gasteiger partial charge in [-0.1, -0.05) is 18.2 Å². The van der Waals surface area contributed by atoms with Crippen LogP contribution in [0.4, 0.5) is 5.69 Å². The standard InChI is InChI=1S/C17H18N4OS/c1-21(2)13-7-5-12(6-8-13)11-18-17(22)15-10-14(19-20-15)16-4-3-9-23-16/h3-10H,11H2,1-2H3,(H,18,22)(H,19,20). The fourth-order valence-corrected chi connectivity index (χ4v) is 2.87. The number of aromatic amines is 1. The lowest BCUT2D eigenvalue weighted by atomic mass is 10.2. The van der Waals surface area contributed by atoms with Crippen LogP contribution >= 0.6 is 11.3 Å². The van der Waals surface area contributed by atoms with Crippen LogP contribution in [0, 0.1) is 0 Å². The molecule has 0 unspecified atom stereocenters. The highest BCUT2D eigenvalue weighted by Crippen LogP contribution is 2.22. The molecule has 23 heavy (non-hydrogen) atoms. The van der Waals surface area contributed by atoms with E-state index < -0.39 is 0 Å². The molecule has 1 aromatic carbocycles. The number of anilines is 1. The van der Waals surface area contributed by atoms with Gasteiger partial charge in [0.15, 0.2) is 5.69 Å². The normalized spacial score (nSPS) is 10.5. The number of hydrogen-bond donors (Lipinski definition) is 2. The van der Waals surface area contributed by atoms with Gasteiger partial charge in [0.05, 0.1) is 10.6 Å². The summed E-state index contributed by atoms with van der Waals surface area (Å²) in [5.74, 6) is -0.180. The van der Waals surface area contributed by atoms with Gasteiger partial charge in [-0.05, 0) is 35.2 Å². The van der Waals surface area contributed by atoms with Gasteiger partial charge in [-0.2, -0.15) is 5.10 Å². The Morgan fingerprint density at radius 1 is 1.26 bits per heavy atom. The molecule has 2 N–H and O–H groups in total. The second-order valence-electron chi connectivity index (χ2n) is 5.39. The van der Waals surface area contributed by atoms with Crippen molar-refractivity contribution < 1.29 is 4.79 Å². The predicted molar refractivity (Wildman–Crippen MR) is 93.8 cm³/mol. The van der Waals surface area contributed by atoms with Crippen molar-refractivity contribution in [2.45, 2.75) is 6.54 Å². The lowest BCUT2D eigenvalue weighted by Gasteiger charge is -2.12. The summed E-state index contributed by atoms with van der Waals surface area (Å²) in [5.41, 5.74) is 3.45. The van der Waals surface area contributed by atoms with E-state index in [2.05, 4.69) is 15.5 Å². The van der Waals surface area contributed by atoms with Gasteiger partial charge in [0.25, 0.3) is 5.91 Å². The van der Waals surface area contributed by atoms with Crippen LogP contribution < -0.4 is 10.2 Å². The monoisotopic (exact) mass is 326 g/mol. The van der Waals surface area contributed by atoms with Gasteiger partial charge in [-0.25, -0.2) is 0 Å². The van der Waals surface area contributed by atoms with Crippen molar-refractivity contribution in [1.29, 1.82) is 0 Å². The Morgan fingerprint density at radius 3 is 2.70 bits per heavy atom. The number of H-pyrrole nitrogens is 1. The molecule has 0 atom stereocenters. The largest absolute Gasteiger partial charge is 0.378 e. The first-order valence-corrected chi connectivity index (χ1v) is 8.15. The Morgan fingerprint density at radius 2 is 2.04 bits per heavy atom. The van der Waals surface area contributed by atoms with Crippen LogP contribution in [0.1, 0.15) is 16.1 Å². The molecule has 0 bridgehead atoms. The second kappa shape index (κ2) is 6.66. The van der Waals surface area contributed by atoms with E-state index in [-0.39, 0.29) is 5.91 Å². The van der Waals surface area contributed by atoms with Crippen LogP contribution in [-0.4, -0.2) is 30.2 Å². The number of thiophene rings is 1. The Hall–Kier alpha value is -2.60. The number of nitrogens with one attached hydrogen (secondary N) is 2. The predicted octanol–water partition coefficient (Wildman–Crippen LogP) is 3.13. The lowest BCUT2D eigenvalue weighted by Crippen LogP contribution is -2.23. The fraction of sp³-hybridized carbons (Fsp3) is 0.176. The molecule has 3 aromatic rings. The number of rotatable bonds is 5. The minimum atomic E-state index is -0.180. The van der Waals surface area contributed by atoms with Crippen LogP contribution in [0.5, 0.6) is 0 Å². The lowest BCUT2D eigenvalue weighted by molar-refractivity contribution is 0.0946. The van der Waals surface area contributed by atoms with Crippen LogP contribution in [-0.2, 0) is 6.54 Å². The van der Waals surface area contributed by atoms with Crippen molar-refractivity contribution in [3.05, 3.63) is 59.1 Å². The minimum absolute atomic E-state index is 0.180. The Bertz CT molecular complexity index is 775. The molecule has 0 fully saturated rings. The highest BCUT2D eigenvalue weighted by atomic mass is 32.1. The van der Waals surface area contributed by atoms with E-state index in [1.54, 1.807) is 17.4 Å². The molecule has 0 spiro atoms. The summed E-state index contributed by atoms with van der Waals surface area (Å²) >= 11 is 1.61. The van der Waals surface area contributed by atoms with Gasteiger partial charge < -0.3 is 10.2 Å². The second-order valence-corrected chi connectivity index (χ2v) is 6.34. The van der Waals surface area contributed by atoms with E-state index in [0.29, 0.717) is 12.2 Å². The molecule has 0 radical (unpaired) electrons. The molecule has 2 heterocycles. The minimum Gasteiger partial charge on any atom is -0.378 e. The number of aromatic nitrogens is 2. The first-order chi connectivity index (χ1) is 11.1. The summed E-state index contributed by atoms with van der Waals surface area (Å²) in [6.07, 6.45) is 0. The average molecular weight is 326 g/mol. The first-order valence-electron chi connectivity index (χ1n) is 7.27. The zero-order valence-electron chi connectivity index (χ0n) is 13.0. The van der Waals surface area contributed by atoms with E-state index in [9.17, 15) is 4.79 Å². The number of carbonyl (C=O) groups excluding carboxylic acids is 1. The number of benzene rings is 1. The Labute approximate surface area is 139 Å². The van der Waals surface area contributed by atoms with Crippen LogP contribution in [0.15, 0.2) is 47.8 Å². The molecule has 0 saturated carbocycles. The molecular formula is C17H18N4OS. The maximum atomic E-state index is 12.2. The molecular weight excluding hydrogens is 308 g/mol. The van der Waals surface area contributed by atoms with Crippen LogP contribution in [0.25, 0.3) is 10.6 Å². The van der Waals surface area contributed by atoms with Gasteiger partial charge >= 0.3 is 0 Å². The van der Waals surface area contributed by atoms with Crippen molar-refractivity contribution >= 4 is 22.9 Å². The number of carbonyl (C=O) groups is 1. The molecule has 5 nitrogen and oxygen atoms in total. The molecule has 0 saturated heterocycles. The molecule has 0 aliphatic carbocycles. The highest BCUT2D eigenvalue weighted by molar-refractivity contribution is 7.13. The van der Waals surface area contributed by atoms with Crippen LogP contribution in [0.3, 0.4) is 0 Å². The third-order valence-corrected chi connectivity index (χ3v) is 4.41. The molecule has 1 amide bonds. The van der Waals surface area contributed by atoms with E-state index in [1.165, 1.54) is 0 Å². The van der Waals surface area contributed by atoms with E-state index in [4.69, 9.17) is 0 Å². The summed E-state index contributed by atoms with van der Waals surface area (Å²) in [4.78, 5) is 15.3. The van der Waals surface area contributed by atoms with E-state index in [0.717, 1.165) is 21.8 Å². The summed E-state index contributed by atoms with van der Waals surface area (Å²) in [6, 6.07) is 13.8. The maximum absolute atomic E-state index is 12.2. The Balaban J connectivity index is 1.61. The number of nitrogens with zero attached hydrogens (tertiary/aromatic N) is 2. The first kappa shape index (κ1) is 15.3. The summed E-state index contributed by atoms with van der Waals surface area (Å²) < 4.78 is 0. The summed E-state index contributed by atoms with van der Waals surface area (Å²) in [7, 11) is 4.00. The zero-order chi connectivity index (χ0) is 16.2. The van der Waals surface area contributed by atoms with Crippen molar-refractivity contribution in [3.63, 3.8) is 0 Å². The summed E-state index contributed by atoms with van der Waals surface area (Å²) in [5, 5.41) is 11.9. The van der Waals surface area contributed by atoms with Gasteiger partial charge in [-0.3, -0.25) is 9.89 Å². The summed E-state index contributed by atoms with van der Waals surface area (Å²) in [6.45, 7) is 0.480. The maximum Gasteiger partial charge on any atom is 0.272 e. The fourth-order valence-electron chi connectivity index (χ4n) is 2.18. The van der Waals surface area contributed by atoms with Gasteiger partial charge in [-0.15, -0.1) is 11.3 Å². The zero-order valence-corrected chi connectivity index (χ0v) is 13.9. The smallest absolute Gasteiger partial charge is 0.272 e. The third kappa shape index (κ3) is 3.60. The quantitative estimate of drug-likeness (QED) is 0.757. The van der Waals surface area contributed by atoms with Crippen molar-refractivity contribution in [2.75, 3.05) is 19.0 Å². The topological polar surface area (TPSA) is 61.0 Å². The van der Waals surface area contributed by atoms with E-state index >= 15 is 0 Å². The number of hydrogen-bond acceptors (Lipinski definition) is 4. The van der Waals surface area contributed by atoms with Crippen molar-refractivity contribution in [2.24, 2.45) is 0 Å². The molecule has 2 aromatic heterocycles. The Kier molecular flexibility index (Phi) is 4.43. The molecule has 3 rings (SSSR count). The van der Waals surface area contributed by atoms with Crippen molar-refractivity contribution in [1.82, 2.24) is 15.5 Å². The molecule has 6 heteroatoms. The van der Waals surface area contributed by atoms with Crippen molar-refractivity contribution in [3.8, 4) is 10.6 Å². The average Bonchev–Trinajstić information content (AvgIpc) is 3.23. The third-order valence-electron chi connectivity index (χ3n) is 3.50. The highest BCUT2D eigenvalue weighted by Gasteiger charge is 2.11. The van der Waals surface area contributed by atoms with Gasteiger partial charge in [0, 0.05) is 26.3 Å². The molecule has 0 aliphatic rings. The van der Waals surface area contributed by atoms with Crippen LogP contribution in [0.2, 0.25) is 0 Å².